The van der Waals surface area contributed by atoms with Crippen molar-refractivity contribution in [3.63, 3.8) is 0 Å². The molecule has 0 radical (unpaired) electrons. The summed E-state index contributed by atoms with van der Waals surface area (Å²) < 4.78 is 7.24. The number of nitrogens with one attached hydrogen (secondary N) is 3. The lowest BCUT2D eigenvalue weighted by atomic mass is 9.91. The Labute approximate surface area is 191 Å². The molecule has 3 N–H and O–H groups in total. The van der Waals surface area contributed by atoms with Gasteiger partial charge in [-0.15, -0.1) is 5.10 Å². The third kappa shape index (κ3) is 4.76. The molecule has 1 fully saturated rings. The zero-order valence-corrected chi connectivity index (χ0v) is 19.1. The molecule has 0 spiro atoms. The zero-order valence-electron chi connectivity index (χ0n) is 19.1. The molecule has 1 aliphatic carbocycles. The van der Waals surface area contributed by atoms with Crippen LogP contribution in [0.1, 0.15) is 46.5 Å². The predicted octanol–water partition coefficient (Wildman–Crippen LogP) is 4.52. The fraction of sp³-hybridized carbons (Fsp3) is 0.417. The molecular weight excluding hydrogens is 418 g/mol. The molecule has 0 saturated heterocycles. The smallest absolute Gasteiger partial charge is 0.407 e. The number of alkyl carbamates (subject to hydrolysis) is 1. The van der Waals surface area contributed by atoms with E-state index in [0.717, 1.165) is 59.3 Å². The van der Waals surface area contributed by atoms with Crippen molar-refractivity contribution in [3.8, 4) is 11.3 Å². The van der Waals surface area contributed by atoms with Gasteiger partial charge >= 0.3 is 6.09 Å². The van der Waals surface area contributed by atoms with Crippen molar-refractivity contribution >= 4 is 28.5 Å². The van der Waals surface area contributed by atoms with E-state index in [0.29, 0.717) is 6.04 Å². The lowest BCUT2D eigenvalue weighted by Crippen LogP contribution is -2.42. The number of aromatic nitrogens is 5. The maximum atomic E-state index is 12.0. The van der Waals surface area contributed by atoms with Crippen molar-refractivity contribution in [2.24, 2.45) is 0 Å². The molecule has 0 aliphatic heterocycles. The minimum Gasteiger partial charge on any atom is -0.444 e. The normalized spacial score (nSPS) is 19.0. The van der Waals surface area contributed by atoms with Gasteiger partial charge in [0.1, 0.15) is 11.4 Å². The van der Waals surface area contributed by atoms with Crippen molar-refractivity contribution in [3.05, 3.63) is 42.7 Å². The Morgan fingerprint density at radius 1 is 1.09 bits per heavy atom. The van der Waals surface area contributed by atoms with Gasteiger partial charge in [0.05, 0.1) is 23.6 Å². The van der Waals surface area contributed by atoms with E-state index in [-0.39, 0.29) is 12.1 Å². The second kappa shape index (κ2) is 8.38. The molecule has 9 heteroatoms. The lowest BCUT2D eigenvalue weighted by molar-refractivity contribution is 0.0492. The number of amides is 1. The van der Waals surface area contributed by atoms with Gasteiger partial charge in [-0.1, -0.05) is 12.1 Å². The molecule has 1 saturated carbocycles. The van der Waals surface area contributed by atoms with Gasteiger partial charge in [0.2, 0.25) is 0 Å². The number of fused-ring (bicyclic) bond motifs is 2. The van der Waals surface area contributed by atoms with Gasteiger partial charge in [-0.25, -0.2) is 14.3 Å². The summed E-state index contributed by atoms with van der Waals surface area (Å²) in [6, 6.07) is 10.6. The molecule has 0 bridgehead atoms. The number of aromatic amines is 1. The van der Waals surface area contributed by atoms with Gasteiger partial charge in [0.25, 0.3) is 0 Å². The highest BCUT2D eigenvalue weighted by Gasteiger charge is 2.25. The predicted molar refractivity (Wildman–Crippen MR) is 127 cm³/mol. The molecule has 172 valence electrons. The third-order valence-electron chi connectivity index (χ3n) is 5.90. The first-order valence-electron chi connectivity index (χ1n) is 11.4. The van der Waals surface area contributed by atoms with Gasteiger partial charge in [0, 0.05) is 23.0 Å². The Hall–Kier alpha value is -3.62. The minimum absolute atomic E-state index is 0.144. The standard InChI is InChI=1S/C24H29N7O2/c1-24(2,3)33-23(32)28-18-8-6-17(7-9-18)27-21-10-11-22-25-14-20(31(22)30-21)15-4-5-16-13-26-29-19(16)12-15/h4-5,10-14,17-18H,6-9H2,1-3H3,(H,26,29)(H,27,30)(H,28,32). The van der Waals surface area contributed by atoms with Crippen molar-refractivity contribution in [2.45, 2.75) is 64.1 Å². The first-order valence-corrected chi connectivity index (χ1v) is 11.4. The quantitative estimate of drug-likeness (QED) is 0.424. The van der Waals surface area contributed by atoms with Crippen LogP contribution in [-0.2, 0) is 4.74 Å². The molecule has 5 rings (SSSR count). The minimum atomic E-state index is -0.483. The van der Waals surface area contributed by atoms with Crippen molar-refractivity contribution < 1.29 is 9.53 Å². The summed E-state index contributed by atoms with van der Waals surface area (Å²) in [4.78, 5) is 16.5. The molecule has 1 aliphatic rings. The van der Waals surface area contributed by atoms with Crippen LogP contribution in [0.4, 0.5) is 10.6 Å². The number of benzene rings is 1. The lowest BCUT2D eigenvalue weighted by Gasteiger charge is -2.30. The molecule has 0 atom stereocenters. The highest BCUT2D eigenvalue weighted by molar-refractivity contribution is 5.83. The summed E-state index contributed by atoms with van der Waals surface area (Å²) in [5.41, 5.74) is 3.25. The molecule has 33 heavy (non-hydrogen) atoms. The number of nitrogens with zero attached hydrogens (tertiary/aromatic N) is 4. The number of rotatable bonds is 4. The maximum absolute atomic E-state index is 12.0. The highest BCUT2D eigenvalue weighted by Crippen LogP contribution is 2.26. The molecule has 1 amide bonds. The van der Waals surface area contributed by atoms with E-state index >= 15 is 0 Å². The second-order valence-corrected chi connectivity index (χ2v) is 9.64. The Balaban J connectivity index is 1.25. The number of anilines is 1. The summed E-state index contributed by atoms with van der Waals surface area (Å²) in [5.74, 6) is 0.813. The van der Waals surface area contributed by atoms with Crippen LogP contribution in [0.15, 0.2) is 42.7 Å². The Kier molecular flexibility index (Phi) is 5.39. The average Bonchev–Trinajstić information content (AvgIpc) is 3.39. The largest absolute Gasteiger partial charge is 0.444 e. The van der Waals surface area contributed by atoms with E-state index in [1.165, 1.54) is 0 Å². The summed E-state index contributed by atoms with van der Waals surface area (Å²) in [7, 11) is 0. The highest BCUT2D eigenvalue weighted by atomic mass is 16.6. The van der Waals surface area contributed by atoms with Crippen LogP contribution in [0.2, 0.25) is 0 Å². The average molecular weight is 448 g/mol. The molecule has 3 aromatic heterocycles. The molecule has 0 unspecified atom stereocenters. The van der Waals surface area contributed by atoms with E-state index in [1.807, 2.05) is 55.9 Å². The Bertz CT molecular complexity index is 1280. The second-order valence-electron chi connectivity index (χ2n) is 9.64. The van der Waals surface area contributed by atoms with E-state index in [4.69, 9.17) is 9.84 Å². The monoisotopic (exact) mass is 447 g/mol. The van der Waals surface area contributed by atoms with Crippen molar-refractivity contribution in [2.75, 3.05) is 5.32 Å². The Morgan fingerprint density at radius 2 is 1.88 bits per heavy atom. The molecule has 3 heterocycles. The number of imidazole rings is 1. The van der Waals surface area contributed by atoms with Crippen LogP contribution >= 0.6 is 0 Å². The molecular formula is C24H29N7O2. The first kappa shape index (κ1) is 21.2. The summed E-state index contributed by atoms with van der Waals surface area (Å²) >= 11 is 0. The van der Waals surface area contributed by atoms with Crippen LogP contribution in [0.5, 0.6) is 0 Å². The molecule has 4 aromatic rings. The third-order valence-corrected chi connectivity index (χ3v) is 5.90. The van der Waals surface area contributed by atoms with E-state index < -0.39 is 5.60 Å². The van der Waals surface area contributed by atoms with Crippen LogP contribution in [0.25, 0.3) is 27.8 Å². The van der Waals surface area contributed by atoms with Crippen molar-refractivity contribution in [1.29, 1.82) is 0 Å². The van der Waals surface area contributed by atoms with Gasteiger partial charge < -0.3 is 15.4 Å². The summed E-state index contributed by atoms with van der Waals surface area (Å²) in [6.45, 7) is 5.62. The number of carbonyl (C=O) groups is 1. The van der Waals surface area contributed by atoms with E-state index in [2.05, 4.69) is 37.9 Å². The fourth-order valence-electron chi connectivity index (χ4n) is 4.31. The van der Waals surface area contributed by atoms with Crippen LogP contribution in [-0.4, -0.2) is 48.6 Å². The SMILES string of the molecule is CC(C)(C)OC(=O)NC1CCC(Nc2ccc3ncc(-c4ccc5cn[nH]c5c4)n3n2)CC1. The molecule has 9 nitrogen and oxygen atoms in total. The zero-order chi connectivity index (χ0) is 23.0. The van der Waals surface area contributed by atoms with Gasteiger partial charge in [-0.2, -0.15) is 5.10 Å². The van der Waals surface area contributed by atoms with Crippen LogP contribution in [0.3, 0.4) is 0 Å². The molecule has 1 aromatic carbocycles. The summed E-state index contributed by atoms with van der Waals surface area (Å²) in [6.07, 6.45) is 7.02. The maximum Gasteiger partial charge on any atom is 0.407 e. The van der Waals surface area contributed by atoms with E-state index in [9.17, 15) is 4.79 Å². The fourth-order valence-corrected chi connectivity index (χ4v) is 4.31. The van der Waals surface area contributed by atoms with E-state index in [1.54, 1.807) is 0 Å². The summed E-state index contributed by atoms with van der Waals surface area (Å²) in [5, 5.41) is 19.5. The number of hydrogen-bond donors (Lipinski definition) is 3. The topological polar surface area (TPSA) is 109 Å². The van der Waals surface area contributed by atoms with Crippen molar-refractivity contribution in [1.82, 2.24) is 30.1 Å². The number of hydrogen-bond acceptors (Lipinski definition) is 6. The number of carbonyl (C=O) groups excluding carboxylic acids is 1. The number of ether oxygens (including phenoxy) is 1. The van der Waals surface area contributed by atoms with Crippen LogP contribution < -0.4 is 10.6 Å². The first-order chi connectivity index (χ1) is 15.8. The van der Waals surface area contributed by atoms with Gasteiger partial charge in [0.15, 0.2) is 5.65 Å². The van der Waals surface area contributed by atoms with Gasteiger partial charge in [-0.3, -0.25) is 5.10 Å². The Morgan fingerprint density at radius 3 is 2.67 bits per heavy atom. The van der Waals surface area contributed by atoms with Crippen LogP contribution in [0, 0.1) is 0 Å². The number of H-pyrrole nitrogens is 1. The van der Waals surface area contributed by atoms with Gasteiger partial charge in [-0.05, 0) is 64.7 Å².